The summed E-state index contributed by atoms with van der Waals surface area (Å²) in [6, 6.07) is 8.40. The topological polar surface area (TPSA) is 80.5 Å². The molecule has 0 bridgehead atoms. The Bertz CT molecular complexity index is 799. The lowest BCUT2D eigenvalue weighted by molar-refractivity contribution is 0.0660. The molecular formula is C16H18N2O4S. The Morgan fingerprint density at radius 3 is 2.78 bits per heavy atom. The first-order chi connectivity index (χ1) is 10.9. The van der Waals surface area contributed by atoms with Crippen molar-refractivity contribution in [2.24, 2.45) is 0 Å². The zero-order valence-corrected chi connectivity index (χ0v) is 13.6. The summed E-state index contributed by atoms with van der Waals surface area (Å²) in [5.74, 6) is 0.453. The van der Waals surface area contributed by atoms with Gasteiger partial charge in [0.05, 0.1) is 24.3 Å². The minimum Gasteiger partial charge on any atom is -0.467 e. The number of amides is 1. The molecule has 0 aromatic carbocycles. The molecule has 0 unspecified atom stereocenters. The molecule has 1 fully saturated rings. The van der Waals surface area contributed by atoms with Crippen LogP contribution in [-0.4, -0.2) is 41.8 Å². The van der Waals surface area contributed by atoms with Gasteiger partial charge in [-0.2, -0.15) is 0 Å². The van der Waals surface area contributed by atoms with Crippen molar-refractivity contribution in [3.8, 4) is 0 Å². The molecule has 7 heteroatoms. The first-order valence-corrected chi connectivity index (χ1v) is 9.24. The SMILES string of the molecule is Cc1cccc(C(=O)N(Cc2ccco2)[C@H]2CCS(=O)(=O)C2)n1. The first-order valence-electron chi connectivity index (χ1n) is 7.42. The maximum absolute atomic E-state index is 12.8. The molecule has 0 N–H and O–H groups in total. The van der Waals surface area contributed by atoms with Crippen molar-refractivity contribution in [3.05, 3.63) is 53.7 Å². The van der Waals surface area contributed by atoms with E-state index in [0.717, 1.165) is 5.69 Å². The quantitative estimate of drug-likeness (QED) is 0.852. The minimum atomic E-state index is -3.09. The lowest BCUT2D eigenvalue weighted by atomic mass is 10.2. The van der Waals surface area contributed by atoms with E-state index < -0.39 is 9.84 Å². The fourth-order valence-electron chi connectivity index (χ4n) is 2.77. The summed E-state index contributed by atoms with van der Waals surface area (Å²) in [6.07, 6.45) is 1.98. The molecule has 1 atom stereocenters. The maximum atomic E-state index is 12.8. The molecule has 1 amide bonds. The van der Waals surface area contributed by atoms with Crippen molar-refractivity contribution in [3.63, 3.8) is 0 Å². The summed E-state index contributed by atoms with van der Waals surface area (Å²) in [7, 11) is -3.09. The number of sulfone groups is 1. The van der Waals surface area contributed by atoms with E-state index in [1.54, 1.807) is 29.2 Å². The number of nitrogens with zero attached hydrogens (tertiary/aromatic N) is 2. The van der Waals surface area contributed by atoms with Crippen molar-refractivity contribution >= 4 is 15.7 Å². The van der Waals surface area contributed by atoms with Crippen LogP contribution >= 0.6 is 0 Å². The van der Waals surface area contributed by atoms with Crippen molar-refractivity contribution in [2.75, 3.05) is 11.5 Å². The van der Waals surface area contributed by atoms with Gasteiger partial charge in [0.2, 0.25) is 0 Å². The smallest absolute Gasteiger partial charge is 0.273 e. The Hall–Kier alpha value is -2.15. The van der Waals surface area contributed by atoms with Crippen LogP contribution in [0.5, 0.6) is 0 Å². The Kier molecular flexibility index (Phi) is 4.21. The fourth-order valence-corrected chi connectivity index (χ4v) is 4.50. The molecule has 0 saturated carbocycles. The largest absolute Gasteiger partial charge is 0.467 e. The molecule has 1 saturated heterocycles. The molecule has 23 heavy (non-hydrogen) atoms. The van der Waals surface area contributed by atoms with E-state index in [1.807, 2.05) is 13.0 Å². The van der Waals surface area contributed by atoms with Crippen LogP contribution in [0.2, 0.25) is 0 Å². The molecule has 122 valence electrons. The molecule has 1 aliphatic rings. The van der Waals surface area contributed by atoms with Crippen LogP contribution in [0, 0.1) is 6.92 Å². The third-order valence-electron chi connectivity index (χ3n) is 3.92. The van der Waals surface area contributed by atoms with Gasteiger partial charge in [0.25, 0.3) is 5.91 Å². The number of aromatic nitrogens is 1. The Morgan fingerprint density at radius 2 is 2.17 bits per heavy atom. The van der Waals surface area contributed by atoms with Gasteiger partial charge in [-0.1, -0.05) is 6.07 Å². The molecule has 0 spiro atoms. The second kappa shape index (κ2) is 6.16. The fraction of sp³-hybridized carbons (Fsp3) is 0.375. The van der Waals surface area contributed by atoms with Gasteiger partial charge in [-0.05, 0) is 37.6 Å². The Balaban J connectivity index is 1.89. The van der Waals surface area contributed by atoms with Crippen LogP contribution in [0.15, 0.2) is 41.0 Å². The average Bonchev–Trinajstić information content (AvgIpc) is 3.13. The Morgan fingerprint density at radius 1 is 1.35 bits per heavy atom. The third-order valence-corrected chi connectivity index (χ3v) is 5.67. The summed E-state index contributed by atoms with van der Waals surface area (Å²) in [6.45, 7) is 2.05. The minimum absolute atomic E-state index is 0.00867. The molecule has 1 aliphatic heterocycles. The highest BCUT2D eigenvalue weighted by molar-refractivity contribution is 7.91. The zero-order chi connectivity index (χ0) is 16.4. The van der Waals surface area contributed by atoms with E-state index in [0.29, 0.717) is 17.9 Å². The van der Waals surface area contributed by atoms with E-state index in [4.69, 9.17) is 4.42 Å². The zero-order valence-electron chi connectivity index (χ0n) is 12.8. The summed E-state index contributed by atoms with van der Waals surface area (Å²) >= 11 is 0. The highest BCUT2D eigenvalue weighted by Crippen LogP contribution is 2.22. The van der Waals surface area contributed by atoms with Gasteiger partial charge < -0.3 is 9.32 Å². The van der Waals surface area contributed by atoms with Crippen LogP contribution in [0.1, 0.15) is 28.4 Å². The van der Waals surface area contributed by atoms with E-state index >= 15 is 0 Å². The number of pyridine rings is 1. The van der Waals surface area contributed by atoms with Crippen LogP contribution in [0.25, 0.3) is 0 Å². The molecule has 2 aromatic heterocycles. The van der Waals surface area contributed by atoms with Crippen LogP contribution in [0.4, 0.5) is 0 Å². The molecular weight excluding hydrogens is 316 g/mol. The predicted molar refractivity (Wildman–Crippen MR) is 84.6 cm³/mol. The summed E-state index contributed by atoms with van der Waals surface area (Å²) in [5, 5.41) is 0. The van der Waals surface area contributed by atoms with Gasteiger partial charge in [0, 0.05) is 11.7 Å². The standard InChI is InChI=1S/C16H18N2O4S/c1-12-4-2-6-15(17-12)16(19)18(10-14-5-3-8-22-14)13-7-9-23(20,21)11-13/h2-6,8,13H,7,9-11H2,1H3/t13-/m0/s1. The van der Waals surface area contributed by atoms with Gasteiger partial charge in [-0.3, -0.25) is 4.79 Å². The van der Waals surface area contributed by atoms with Gasteiger partial charge in [0.1, 0.15) is 11.5 Å². The molecule has 0 radical (unpaired) electrons. The molecule has 0 aliphatic carbocycles. The number of aryl methyl sites for hydroxylation is 1. The summed E-state index contributed by atoms with van der Waals surface area (Å²) in [4.78, 5) is 18.7. The molecule has 3 rings (SSSR count). The highest BCUT2D eigenvalue weighted by atomic mass is 32.2. The highest BCUT2D eigenvalue weighted by Gasteiger charge is 2.35. The Labute approximate surface area is 135 Å². The number of rotatable bonds is 4. The van der Waals surface area contributed by atoms with Gasteiger partial charge in [-0.25, -0.2) is 13.4 Å². The molecule has 6 nitrogen and oxygen atoms in total. The van der Waals surface area contributed by atoms with Crippen LogP contribution in [0.3, 0.4) is 0 Å². The molecule has 2 aromatic rings. The number of hydrogen-bond donors (Lipinski definition) is 0. The normalized spacial score (nSPS) is 19.6. The first kappa shape index (κ1) is 15.7. The van der Waals surface area contributed by atoms with Crippen molar-refractivity contribution in [2.45, 2.75) is 25.9 Å². The van der Waals surface area contributed by atoms with E-state index in [2.05, 4.69) is 4.98 Å². The lowest BCUT2D eigenvalue weighted by Gasteiger charge is -2.27. The summed E-state index contributed by atoms with van der Waals surface area (Å²) in [5.41, 5.74) is 1.06. The van der Waals surface area contributed by atoms with Crippen molar-refractivity contribution in [1.82, 2.24) is 9.88 Å². The van der Waals surface area contributed by atoms with Gasteiger partial charge >= 0.3 is 0 Å². The van der Waals surface area contributed by atoms with Gasteiger partial charge in [-0.15, -0.1) is 0 Å². The van der Waals surface area contributed by atoms with E-state index in [1.165, 1.54) is 6.26 Å². The van der Waals surface area contributed by atoms with E-state index in [-0.39, 0.29) is 30.0 Å². The monoisotopic (exact) mass is 334 g/mol. The number of carbonyl (C=O) groups is 1. The number of hydrogen-bond acceptors (Lipinski definition) is 5. The van der Waals surface area contributed by atoms with Crippen LogP contribution in [-0.2, 0) is 16.4 Å². The van der Waals surface area contributed by atoms with Crippen molar-refractivity contribution < 1.29 is 17.6 Å². The van der Waals surface area contributed by atoms with Crippen molar-refractivity contribution in [1.29, 1.82) is 0 Å². The second-order valence-corrected chi connectivity index (χ2v) is 7.96. The summed E-state index contributed by atoms with van der Waals surface area (Å²) < 4.78 is 28.9. The van der Waals surface area contributed by atoms with E-state index in [9.17, 15) is 13.2 Å². The molecule has 3 heterocycles. The number of furan rings is 1. The maximum Gasteiger partial charge on any atom is 0.273 e. The lowest BCUT2D eigenvalue weighted by Crippen LogP contribution is -2.41. The number of carbonyl (C=O) groups excluding carboxylic acids is 1. The third kappa shape index (κ3) is 3.61. The second-order valence-electron chi connectivity index (χ2n) is 5.73. The van der Waals surface area contributed by atoms with Crippen LogP contribution < -0.4 is 0 Å². The average molecular weight is 334 g/mol. The van der Waals surface area contributed by atoms with Gasteiger partial charge in [0.15, 0.2) is 9.84 Å². The predicted octanol–water partition coefficient (Wildman–Crippen LogP) is 1.81.